The number of alkyl halides is 2. The summed E-state index contributed by atoms with van der Waals surface area (Å²) >= 11 is 2.92. The van der Waals surface area contributed by atoms with E-state index >= 15 is 0 Å². The Labute approximate surface area is 76.5 Å². The standard InChI is InChI=1S/C8H6BrF3/c1-8(11,12)6-4-5(10)2-3-7(6)9/h2-4H,1H3. The topological polar surface area (TPSA) is 0 Å². The van der Waals surface area contributed by atoms with Crippen molar-refractivity contribution in [1.29, 1.82) is 0 Å². The van der Waals surface area contributed by atoms with Crippen LogP contribution in [0, 0.1) is 5.82 Å². The SMILES string of the molecule is CC(F)(F)c1cc(F)ccc1Br. The van der Waals surface area contributed by atoms with E-state index in [9.17, 15) is 13.2 Å². The first-order valence-corrected chi connectivity index (χ1v) is 4.04. The fourth-order valence-electron chi connectivity index (χ4n) is 0.834. The van der Waals surface area contributed by atoms with Gasteiger partial charge in [0, 0.05) is 17.0 Å². The molecule has 0 N–H and O–H groups in total. The molecule has 0 unspecified atom stereocenters. The van der Waals surface area contributed by atoms with Gasteiger partial charge < -0.3 is 0 Å². The first-order valence-electron chi connectivity index (χ1n) is 3.24. The van der Waals surface area contributed by atoms with Crippen molar-refractivity contribution in [2.24, 2.45) is 0 Å². The molecular weight excluding hydrogens is 233 g/mol. The third-order valence-electron chi connectivity index (χ3n) is 1.40. The first-order chi connectivity index (χ1) is 5.41. The van der Waals surface area contributed by atoms with Gasteiger partial charge in [0.2, 0.25) is 0 Å². The Morgan fingerprint density at radius 3 is 2.33 bits per heavy atom. The van der Waals surface area contributed by atoms with Crippen molar-refractivity contribution in [3.05, 3.63) is 34.1 Å². The van der Waals surface area contributed by atoms with E-state index in [-0.39, 0.29) is 10.0 Å². The molecule has 0 aromatic heterocycles. The van der Waals surface area contributed by atoms with E-state index < -0.39 is 11.7 Å². The number of halogens is 4. The third-order valence-corrected chi connectivity index (χ3v) is 2.09. The summed E-state index contributed by atoms with van der Waals surface area (Å²) in [4.78, 5) is 0. The molecule has 0 nitrogen and oxygen atoms in total. The minimum Gasteiger partial charge on any atom is -0.207 e. The molecule has 0 saturated heterocycles. The highest BCUT2D eigenvalue weighted by atomic mass is 79.9. The van der Waals surface area contributed by atoms with Gasteiger partial charge in [-0.05, 0) is 18.2 Å². The van der Waals surface area contributed by atoms with Gasteiger partial charge in [0.05, 0.1) is 0 Å². The van der Waals surface area contributed by atoms with Crippen LogP contribution in [0.4, 0.5) is 13.2 Å². The molecule has 0 atom stereocenters. The van der Waals surface area contributed by atoms with Crippen molar-refractivity contribution in [3.63, 3.8) is 0 Å². The zero-order valence-corrected chi connectivity index (χ0v) is 7.83. The summed E-state index contributed by atoms with van der Waals surface area (Å²) in [6.07, 6.45) is 0. The minimum absolute atomic E-state index is 0.219. The Hall–Kier alpha value is -0.510. The van der Waals surface area contributed by atoms with E-state index in [0.29, 0.717) is 0 Å². The van der Waals surface area contributed by atoms with Crippen molar-refractivity contribution in [1.82, 2.24) is 0 Å². The predicted molar refractivity (Wildman–Crippen MR) is 43.7 cm³/mol. The van der Waals surface area contributed by atoms with Crippen LogP contribution in [0.25, 0.3) is 0 Å². The van der Waals surface area contributed by atoms with Gasteiger partial charge in [-0.3, -0.25) is 0 Å². The minimum atomic E-state index is -3.01. The fraction of sp³-hybridized carbons (Fsp3) is 0.250. The molecule has 66 valence electrons. The molecule has 12 heavy (non-hydrogen) atoms. The van der Waals surface area contributed by atoms with Crippen LogP contribution in [0.2, 0.25) is 0 Å². The zero-order valence-electron chi connectivity index (χ0n) is 6.24. The van der Waals surface area contributed by atoms with Gasteiger partial charge in [-0.1, -0.05) is 15.9 Å². The lowest BCUT2D eigenvalue weighted by Crippen LogP contribution is -2.08. The van der Waals surface area contributed by atoms with Gasteiger partial charge in [0.1, 0.15) is 5.82 Å². The van der Waals surface area contributed by atoms with Crippen LogP contribution < -0.4 is 0 Å². The van der Waals surface area contributed by atoms with Crippen LogP contribution in [0.5, 0.6) is 0 Å². The van der Waals surface area contributed by atoms with Crippen molar-refractivity contribution in [3.8, 4) is 0 Å². The molecule has 1 aromatic carbocycles. The van der Waals surface area contributed by atoms with Crippen molar-refractivity contribution in [2.45, 2.75) is 12.8 Å². The molecule has 0 heterocycles. The molecule has 0 spiro atoms. The largest absolute Gasteiger partial charge is 0.271 e. The van der Waals surface area contributed by atoms with Crippen LogP contribution in [0.1, 0.15) is 12.5 Å². The number of hydrogen-bond acceptors (Lipinski definition) is 0. The Balaban J connectivity index is 3.23. The lowest BCUT2D eigenvalue weighted by atomic mass is 10.1. The smallest absolute Gasteiger partial charge is 0.207 e. The van der Waals surface area contributed by atoms with Crippen molar-refractivity contribution in [2.75, 3.05) is 0 Å². The predicted octanol–water partition coefficient (Wildman–Crippen LogP) is 3.70. The second-order valence-corrected chi connectivity index (χ2v) is 3.37. The number of rotatable bonds is 1. The molecule has 4 heteroatoms. The average Bonchev–Trinajstić information content (AvgIpc) is 1.92. The second kappa shape index (κ2) is 3.09. The van der Waals surface area contributed by atoms with Gasteiger partial charge in [-0.15, -0.1) is 0 Å². The summed E-state index contributed by atoms with van der Waals surface area (Å²) in [6, 6.07) is 3.21. The van der Waals surface area contributed by atoms with Gasteiger partial charge in [-0.2, -0.15) is 0 Å². The van der Waals surface area contributed by atoms with Crippen LogP contribution in [-0.2, 0) is 5.92 Å². The van der Waals surface area contributed by atoms with Crippen LogP contribution in [0.15, 0.2) is 22.7 Å². The first kappa shape index (κ1) is 9.58. The Morgan fingerprint density at radius 2 is 1.92 bits per heavy atom. The van der Waals surface area contributed by atoms with Crippen LogP contribution in [0.3, 0.4) is 0 Å². The van der Waals surface area contributed by atoms with E-state index in [2.05, 4.69) is 15.9 Å². The normalized spacial score (nSPS) is 11.8. The molecule has 1 rings (SSSR count). The van der Waals surface area contributed by atoms with Gasteiger partial charge in [0.25, 0.3) is 5.92 Å². The summed E-state index contributed by atoms with van der Waals surface area (Å²) in [5, 5.41) is 0. The summed E-state index contributed by atoms with van der Waals surface area (Å²) in [5.74, 6) is -3.67. The highest BCUT2D eigenvalue weighted by Gasteiger charge is 2.27. The van der Waals surface area contributed by atoms with Gasteiger partial charge >= 0.3 is 0 Å². The van der Waals surface area contributed by atoms with E-state index in [1.807, 2.05) is 0 Å². The van der Waals surface area contributed by atoms with Crippen molar-refractivity contribution >= 4 is 15.9 Å². The maximum atomic E-state index is 12.7. The second-order valence-electron chi connectivity index (χ2n) is 2.51. The van der Waals surface area contributed by atoms with E-state index in [1.54, 1.807) is 0 Å². The quantitative estimate of drug-likeness (QED) is 0.700. The average molecular weight is 239 g/mol. The highest BCUT2D eigenvalue weighted by molar-refractivity contribution is 9.10. The maximum absolute atomic E-state index is 12.7. The molecule has 0 aliphatic carbocycles. The monoisotopic (exact) mass is 238 g/mol. The highest BCUT2D eigenvalue weighted by Crippen LogP contribution is 2.33. The van der Waals surface area contributed by atoms with Gasteiger partial charge in [0.15, 0.2) is 0 Å². The molecule has 1 aromatic rings. The molecule has 0 aliphatic heterocycles. The maximum Gasteiger partial charge on any atom is 0.271 e. The molecule has 0 amide bonds. The molecule has 0 saturated carbocycles. The summed E-state index contributed by atoms with van der Waals surface area (Å²) in [7, 11) is 0. The van der Waals surface area contributed by atoms with Crippen molar-refractivity contribution < 1.29 is 13.2 Å². The van der Waals surface area contributed by atoms with E-state index in [1.165, 1.54) is 6.07 Å². The molecular formula is C8H6BrF3. The molecule has 0 aliphatic rings. The lowest BCUT2D eigenvalue weighted by molar-refractivity contribution is 0.0164. The number of hydrogen-bond donors (Lipinski definition) is 0. The number of benzene rings is 1. The fourth-order valence-corrected chi connectivity index (χ4v) is 1.43. The summed E-state index contributed by atoms with van der Waals surface area (Å²) in [5.41, 5.74) is -0.331. The van der Waals surface area contributed by atoms with Gasteiger partial charge in [-0.25, -0.2) is 13.2 Å². The summed E-state index contributed by atoms with van der Waals surface area (Å²) < 4.78 is 38.1. The molecule has 0 fully saturated rings. The van der Waals surface area contributed by atoms with E-state index in [0.717, 1.165) is 19.1 Å². The molecule has 0 bridgehead atoms. The zero-order chi connectivity index (χ0) is 9.35. The summed E-state index contributed by atoms with van der Waals surface area (Å²) in [6.45, 7) is 0.729. The van der Waals surface area contributed by atoms with Crippen LogP contribution in [-0.4, -0.2) is 0 Å². The third kappa shape index (κ3) is 2.00. The Kier molecular flexibility index (Phi) is 2.46. The molecule has 0 radical (unpaired) electrons. The van der Waals surface area contributed by atoms with E-state index in [4.69, 9.17) is 0 Å². The Bertz CT molecular complexity index is 291. The lowest BCUT2D eigenvalue weighted by Gasteiger charge is -2.12. The van der Waals surface area contributed by atoms with Crippen LogP contribution >= 0.6 is 15.9 Å². The Morgan fingerprint density at radius 1 is 1.33 bits per heavy atom.